The van der Waals surface area contributed by atoms with Crippen LogP contribution < -0.4 is 0 Å². The molecule has 0 spiro atoms. The maximum atomic E-state index is 5.79. The Morgan fingerprint density at radius 1 is 0.522 bits per heavy atom. The molecule has 23 heavy (non-hydrogen) atoms. The van der Waals surface area contributed by atoms with Crippen molar-refractivity contribution in [3.8, 4) is 0 Å². The number of rotatable bonds is 0. The molecule has 0 heterocycles. The molecule has 2 nitrogen and oxygen atoms in total. The monoisotopic (exact) mass is 376 g/mol. The molecule has 0 fully saturated rings. The molecule has 0 aromatic heterocycles. The van der Waals surface area contributed by atoms with Gasteiger partial charge in [0.25, 0.3) is 0 Å². The van der Waals surface area contributed by atoms with Gasteiger partial charge in [0.05, 0.1) is 0 Å². The highest BCUT2D eigenvalue weighted by Crippen LogP contribution is 2.34. The third-order valence-electron chi connectivity index (χ3n) is 3.22. The van der Waals surface area contributed by atoms with Crippen molar-refractivity contribution in [2.24, 2.45) is 0 Å². The van der Waals surface area contributed by atoms with Gasteiger partial charge >= 0.3 is 0 Å². The van der Waals surface area contributed by atoms with Gasteiger partial charge < -0.3 is 9.80 Å². The van der Waals surface area contributed by atoms with Crippen molar-refractivity contribution in [1.29, 1.82) is 0 Å². The van der Waals surface area contributed by atoms with E-state index < -0.39 is 0 Å². The van der Waals surface area contributed by atoms with Gasteiger partial charge in [0.15, 0.2) is 0 Å². The Hall–Kier alpha value is 0.130. The standard InChI is InChI=1S/C18H36N2S3/c1-15(2,3)19(16(4,5)6)13(21)23-14(22)20(17(7,8)9)18(10,11)12/h1-12H3. The van der Waals surface area contributed by atoms with Crippen molar-refractivity contribution in [2.75, 3.05) is 0 Å². The van der Waals surface area contributed by atoms with E-state index in [1.165, 1.54) is 11.8 Å². The van der Waals surface area contributed by atoms with Crippen LogP contribution in [-0.4, -0.2) is 40.6 Å². The number of hydrogen-bond donors (Lipinski definition) is 0. The maximum Gasteiger partial charge on any atom is 0.144 e. The molecule has 136 valence electrons. The first kappa shape index (κ1) is 23.1. The van der Waals surface area contributed by atoms with E-state index in [0.717, 1.165) is 8.64 Å². The summed E-state index contributed by atoms with van der Waals surface area (Å²) in [6, 6.07) is 0. The summed E-state index contributed by atoms with van der Waals surface area (Å²) >= 11 is 13.1. The Morgan fingerprint density at radius 3 is 0.826 bits per heavy atom. The van der Waals surface area contributed by atoms with E-state index in [4.69, 9.17) is 24.4 Å². The van der Waals surface area contributed by atoms with Crippen molar-refractivity contribution in [3.05, 3.63) is 0 Å². The van der Waals surface area contributed by atoms with Gasteiger partial charge in [-0.3, -0.25) is 0 Å². The molecule has 0 aromatic rings. The maximum absolute atomic E-state index is 5.79. The molecule has 0 aromatic carbocycles. The van der Waals surface area contributed by atoms with Gasteiger partial charge in [-0.2, -0.15) is 0 Å². The van der Waals surface area contributed by atoms with E-state index in [1.54, 1.807) is 0 Å². The average molecular weight is 377 g/mol. The van der Waals surface area contributed by atoms with Gasteiger partial charge in [0.1, 0.15) is 8.64 Å². The summed E-state index contributed by atoms with van der Waals surface area (Å²) in [5.41, 5.74) is -0.197. The van der Waals surface area contributed by atoms with E-state index in [9.17, 15) is 0 Å². The van der Waals surface area contributed by atoms with Gasteiger partial charge in [0.2, 0.25) is 0 Å². The highest BCUT2D eigenvalue weighted by Gasteiger charge is 2.38. The van der Waals surface area contributed by atoms with Crippen LogP contribution in [0.3, 0.4) is 0 Å². The molecule has 0 saturated carbocycles. The second kappa shape index (κ2) is 7.17. The Balaban J connectivity index is 5.54. The summed E-state index contributed by atoms with van der Waals surface area (Å²) < 4.78 is 1.68. The highest BCUT2D eigenvalue weighted by molar-refractivity contribution is 8.37. The van der Waals surface area contributed by atoms with E-state index in [0.29, 0.717) is 0 Å². The van der Waals surface area contributed by atoms with E-state index >= 15 is 0 Å². The first-order valence-corrected chi connectivity index (χ1v) is 9.79. The average Bonchev–Trinajstić information content (AvgIpc) is 2.04. The molecule has 0 rings (SSSR count). The summed E-state index contributed by atoms with van der Waals surface area (Å²) in [7, 11) is 0. The van der Waals surface area contributed by atoms with Gasteiger partial charge in [-0.1, -0.05) is 24.4 Å². The van der Waals surface area contributed by atoms with Crippen molar-refractivity contribution >= 4 is 44.8 Å². The molecule has 0 aliphatic rings. The minimum atomic E-state index is -0.0494. The first-order chi connectivity index (χ1) is 9.79. The van der Waals surface area contributed by atoms with Crippen molar-refractivity contribution in [3.63, 3.8) is 0 Å². The molecular formula is C18H36N2S3. The van der Waals surface area contributed by atoms with Crippen LogP contribution in [0.2, 0.25) is 0 Å². The quantitative estimate of drug-likeness (QED) is 0.471. The molecule has 0 bridgehead atoms. The zero-order valence-electron chi connectivity index (χ0n) is 17.1. The molecule has 0 aliphatic carbocycles. The Labute approximate surface area is 159 Å². The topological polar surface area (TPSA) is 6.48 Å². The third-order valence-corrected chi connectivity index (χ3v) is 4.80. The Bertz CT molecular complexity index is 373. The number of hydrogen-bond acceptors (Lipinski definition) is 3. The zero-order chi connectivity index (χ0) is 19.0. The fourth-order valence-corrected chi connectivity index (χ4v) is 6.43. The molecule has 0 atom stereocenters. The fourth-order valence-electron chi connectivity index (χ4n) is 3.27. The Morgan fingerprint density at radius 2 is 0.696 bits per heavy atom. The second-order valence-electron chi connectivity index (χ2n) is 9.99. The predicted molar refractivity (Wildman–Crippen MR) is 115 cm³/mol. The molecule has 5 heteroatoms. The molecule has 0 unspecified atom stereocenters. The lowest BCUT2D eigenvalue weighted by atomic mass is 9.97. The molecule has 0 N–H and O–H groups in total. The molecule has 0 saturated heterocycles. The highest BCUT2D eigenvalue weighted by atomic mass is 32.2. The van der Waals surface area contributed by atoms with Gasteiger partial charge in [-0.05, 0) is 94.8 Å². The SMILES string of the molecule is CC(C)(C)N(C(=S)SC(=S)N(C(C)(C)C)C(C)(C)C)C(C)(C)C. The van der Waals surface area contributed by atoms with Crippen LogP contribution in [0.15, 0.2) is 0 Å². The van der Waals surface area contributed by atoms with Crippen molar-refractivity contribution in [1.82, 2.24) is 9.80 Å². The summed E-state index contributed by atoms with van der Waals surface area (Å²) in [6.45, 7) is 26.3. The zero-order valence-corrected chi connectivity index (χ0v) is 19.6. The Kier molecular flexibility index (Phi) is 7.21. The summed E-state index contributed by atoms with van der Waals surface area (Å²) in [6.07, 6.45) is 0. The van der Waals surface area contributed by atoms with E-state index in [1.807, 2.05) is 0 Å². The van der Waals surface area contributed by atoms with Crippen LogP contribution in [0.1, 0.15) is 83.1 Å². The summed E-state index contributed by atoms with van der Waals surface area (Å²) in [5, 5.41) is 0. The second-order valence-corrected chi connectivity index (χ2v) is 12.3. The van der Waals surface area contributed by atoms with Gasteiger partial charge in [-0.25, -0.2) is 0 Å². The fraction of sp³-hybridized carbons (Fsp3) is 0.889. The molecule has 0 amide bonds. The van der Waals surface area contributed by atoms with Crippen LogP contribution in [0.5, 0.6) is 0 Å². The number of nitrogens with zero attached hydrogens (tertiary/aromatic N) is 2. The van der Waals surface area contributed by atoms with Gasteiger partial charge in [0, 0.05) is 22.2 Å². The molecule has 0 aliphatic heterocycles. The minimum absolute atomic E-state index is 0.0494. The van der Waals surface area contributed by atoms with Crippen LogP contribution in [0.25, 0.3) is 0 Å². The first-order valence-electron chi connectivity index (χ1n) is 8.16. The van der Waals surface area contributed by atoms with Crippen molar-refractivity contribution < 1.29 is 0 Å². The number of thiocarbonyl (C=S) groups is 2. The van der Waals surface area contributed by atoms with E-state index in [-0.39, 0.29) is 22.2 Å². The molecule has 0 radical (unpaired) electrons. The minimum Gasteiger partial charge on any atom is -0.347 e. The predicted octanol–water partition coefficient (Wildman–Crippen LogP) is 6.09. The summed E-state index contributed by atoms with van der Waals surface area (Å²) in [4.78, 5) is 4.58. The van der Waals surface area contributed by atoms with Crippen LogP contribution >= 0.6 is 36.2 Å². The number of thioether (sulfide) groups is 1. The normalized spacial score (nSPS) is 13.7. The van der Waals surface area contributed by atoms with Crippen LogP contribution in [0, 0.1) is 0 Å². The lowest BCUT2D eigenvalue weighted by Crippen LogP contribution is -2.57. The lowest BCUT2D eigenvalue weighted by molar-refractivity contribution is 0.130. The van der Waals surface area contributed by atoms with E-state index in [2.05, 4.69) is 92.9 Å². The largest absolute Gasteiger partial charge is 0.347 e. The van der Waals surface area contributed by atoms with Crippen LogP contribution in [0.4, 0.5) is 0 Å². The lowest BCUT2D eigenvalue weighted by Gasteiger charge is -2.49. The summed E-state index contributed by atoms with van der Waals surface area (Å²) in [5.74, 6) is 0. The van der Waals surface area contributed by atoms with Gasteiger partial charge in [-0.15, -0.1) is 0 Å². The third kappa shape index (κ3) is 6.87. The van der Waals surface area contributed by atoms with Crippen molar-refractivity contribution in [2.45, 2.75) is 105 Å². The molecular weight excluding hydrogens is 340 g/mol. The smallest absolute Gasteiger partial charge is 0.144 e. The van der Waals surface area contributed by atoms with Crippen LogP contribution in [-0.2, 0) is 0 Å².